The first-order chi connectivity index (χ1) is 13.2. The predicted octanol–water partition coefficient (Wildman–Crippen LogP) is 1.03. The third-order valence-electron chi connectivity index (χ3n) is 4.08. The number of methoxy groups -OCH3 is 1. The van der Waals surface area contributed by atoms with Crippen LogP contribution in [0.2, 0.25) is 5.02 Å². The van der Waals surface area contributed by atoms with Gasteiger partial charge in [-0.15, -0.1) is 0 Å². The summed E-state index contributed by atoms with van der Waals surface area (Å²) >= 11 is 5.80. The summed E-state index contributed by atoms with van der Waals surface area (Å²) in [6, 6.07) is 3.72. The Morgan fingerprint density at radius 3 is 3.07 bits per heavy atom. The summed E-state index contributed by atoms with van der Waals surface area (Å²) in [5, 5.41) is 11.7. The maximum Gasteiger partial charge on any atom is 0.213 e. The minimum Gasteiger partial charge on any atom is -0.476 e. The molecule has 0 aromatic carbocycles. The smallest absolute Gasteiger partial charge is 0.213 e. The lowest BCUT2D eigenvalue weighted by Crippen LogP contribution is -2.47. The van der Waals surface area contributed by atoms with E-state index in [1.54, 1.807) is 32.5 Å². The average Bonchev–Trinajstić information content (AvgIpc) is 3.07. The fraction of sp³-hybridized carbons (Fsp3) is 0.529. The molecule has 3 heterocycles. The Kier molecular flexibility index (Phi) is 6.83. The van der Waals surface area contributed by atoms with Crippen LogP contribution >= 0.6 is 11.6 Å². The van der Waals surface area contributed by atoms with Gasteiger partial charge in [0.2, 0.25) is 5.88 Å². The molecule has 0 amide bonds. The molecule has 1 atom stereocenters. The Balaban J connectivity index is 1.42. The van der Waals surface area contributed by atoms with Gasteiger partial charge in [-0.05, 0) is 12.5 Å². The average molecular weight is 394 g/mol. The van der Waals surface area contributed by atoms with Crippen LogP contribution in [-0.2, 0) is 24.3 Å². The number of ether oxygens (including phenoxy) is 2. The molecule has 27 heavy (non-hydrogen) atoms. The van der Waals surface area contributed by atoms with E-state index in [0.29, 0.717) is 30.7 Å². The Morgan fingerprint density at radius 1 is 1.44 bits per heavy atom. The maximum absolute atomic E-state index is 5.80. The zero-order valence-electron chi connectivity index (χ0n) is 15.5. The zero-order chi connectivity index (χ0) is 19.1. The van der Waals surface area contributed by atoms with Gasteiger partial charge in [-0.1, -0.05) is 11.6 Å². The van der Waals surface area contributed by atoms with E-state index in [-0.39, 0.29) is 6.04 Å². The van der Waals surface area contributed by atoms with Gasteiger partial charge in [-0.3, -0.25) is 4.99 Å². The maximum atomic E-state index is 5.80. The van der Waals surface area contributed by atoms with Crippen LogP contribution in [0, 0.1) is 0 Å². The molecule has 146 valence electrons. The molecule has 1 aliphatic rings. The van der Waals surface area contributed by atoms with Crippen molar-refractivity contribution >= 4 is 17.6 Å². The molecule has 1 aliphatic heterocycles. The second kappa shape index (κ2) is 9.52. The number of aromatic nitrogens is 4. The zero-order valence-corrected chi connectivity index (χ0v) is 16.2. The molecule has 2 N–H and O–H groups in total. The molecule has 2 aromatic rings. The molecule has 0 bridgehead atoms. The molecular weight excluding hydrogens is 370 g/mol. The van der Waals surface area contributed by atoms with E-state index in [1.807, 2.05) is 4.68 Å². The summed E-state index contributed by atoms with van der Waals surface area (Å²) in [5.41, 5.74) is 0. The van der Waals surface area contributed by atoms with Crippen LogP contribution in [0.25, 0.3) is 0 Å². The van der Waals surface area contributed by atoms with Crippen molar-refractivity contribution in [2.24, 2.45) is 4.99 Å². The van der Waals surface area contributed by atoms with Crippen molar-refractivity contribution in [3.05, 3.63) is 35.0 Å². The summed E-state index contributed by atoms with van der Waals surface area (Å²) in [4.78, 5) is 12.9. The van der Waals surface area contributed by atoms with E-state index < -0.39 is 0 Å². The number of hydrogen-bond donors (Lipinski definition) is 2. The van der Waals surface area contributed by atoms with E-state index in [1.165, 1.54) is 0 Å². The van der Waals surface area contributed by atoms with Crippen molar-refractivity contribution < 1.29 is 9.47 Å². The van der Waals surface area contributed by atoms with E-state index >= 15 is 0 Å². The number of aliphatic imine (C=N–C) groups is 1. The molecule has 0 radical (unpaired) electrons. The Bertz CT molecular complexity index is 763. The second-order valence-electron chi connectivity index (χ2n) is 6.10. The Hall–Kier alpha value is -2.39. The first-order valence-corrected chi connectivity index (χ1v) is 9.19. The molecule has 1 unspecified atom stereocenters. The van der Waals surface area contributed by atoms with Gasteiger partial charge >= 0.3 is 0 Å². The van der Waals surface area contributed by atoms with Crippen molar-refractivity contribution in [1.82, 2.24) is 30.4 Å². The normalized spacial score (nSPS) is 16.7. The monoisotopic (exact) mass is 393 g/mol. The van der Waals surface area contributed by atoms with Crippen LogP contribution in [0.1, 0.15) is 18.1 Å². The highest BCUT2D eigenvalue weighted by molar-refractivity contribution is 6.30. The topological polar surface area (TPSA) is 98.5 Å². The quantitative estimate of drug-likeness (QED) is 0.412. The van der Waals surface area contributed by atoms with Gasteiger partial charge in [0.05, 0.1) is 18.1 Å². The lowest BCUT2D eigenvalue weighted by molar-refractivity contribution is 0.177. The predicted molar refractivity (Wildman–Crippen MR) is 102 cm³/mol. The standard InChI is InChI=1S/C17H24ClN7O2/c1-19-17(20-7-8-27-16-6-3-12(18)9-21-16)22-13-4-5-15-23-14(11-26-2)24-25(15)10-13/h3,6,9,13H,4-5,7-8,10-11H2,1-2H3,(H2,19,20,22). The minimum absolute atomic E-state index is 0.236. The number of nitrogens with one attached hydrogen (secondary N) is 2. The van der Waals surface area contributed by atoms with Gasteiger partial charge in [0.25, 0.3) is 0 Å². The summed E-state index contributed by atoms with van der Waals surface area (Å²) in [6.07, 6.45) is 3.40. The number of guanidine groups is 1. The number of halogens is 1. The van der Waals surface area contributed by atoms with Crippen LogP contribution in [0.4, 0.5) is 0 Å². The van der Waals surface area contributed by atoms with Gasteiger partial charge in [-0.25, -0.2) is 14.6 Å². The minimum atomic E-state index is 0.236. The number of fused-ring (bicyclic) bond motifs is 1. The fourth-order valence-corrected chi connectivity index (χ4v) is 2.94. The van der Waals surface area contributed by atoms with E-state index in [9.17, 15) is 0 Å². The molecule has 0 aliphatic carbocycles. The summed E-state index contributed by atoms with van der Waals surface area (Å²) in [7, 11) is 3.39. The summed E-state index contributed by atoms with van der Waals surface area (Å²) in [5.74, 6) is 3.01. The number of aryl methyl sites for hydroxylation is 1. The molecule has 0 fully saturated rings. The van der Waals surface area contributed by atoms with Gasteiger partial charge in [0.15, 0.2) is 11.8 Å². The lowest BCUT2D eigenvalue weighted by Gasteiger charge is -2.25. The number of rotatable bonds is 7. The summed E-state index contributed by atoms with van der Waals surface area (Å²) in [6.45, 7) is 2.25. The largest absolute Gasteiger partial charge is 0.476 e. The fourth-order valence-electron chi connectivity index (χ4n) is 2.83. The molecular formula is C17H24ClN7O2. The molecule has 2 aromatic heterocycles. The van der Waals surface area contributed by atoms with Gasteiger partial charge in [0.1, 0.15) is 19.0 Å². The highest BCUT2D eigenvalue weighted by atomic mass is 35.5. The summed E-state index contributed by atoms with van der Waals surface area (Å²) < 4.78 is 12.6. The number of pyridine rings is 1. The van der Waals surface area contributed by atoms with Crippen LogP contribution < -0.4 is 15.4 Å². The molecule has 0 saturated heterocycles. The number of nitrogens with zero attached hydrogens (tertiary/aromatic N) is 5. The van der Waals surface area contributed by atoms with E-state index in [2.05, 4.69) is 30.7 Å². The van der Waals surface area contributed by atoms with Crippen molar-refractivity contribution in [2.75, 3.05) is 27.3 Å². The first-order valence-electron chi connectivity index (χ1n) is 8.81. The van der Waals surface area contributed by atoms with Gasteiger partial charge in [-0.2, -0.15) is 5.10 Å². The van der Waals surface area contributed by atoms with Crippen molar-refractivity contribution in [3.63, 3.8) is 0 Å². The first kappa shape index (κ1) is 19.4. The molecule has 3 rings (SSSR count). The highest BCUT2D eigenvalue weighted by Gasteiger charge is 2.22. The lowest BCUT2D eigenvalue weighted by atomic mass is 10.1. The van der Waals surface area contributed by atoms with Crippen molar-refractivity contribution in [2.45, 2.75) is 32.0 Å². The van der Waals surface area contributed by atoms with Crippen LogP contribution in [0.15, 0.2) is 23.3 Å². The SMILES string of the molecule is CN=C(NCCOc1ccc(Cl)cn1)NC1CCc2nc(COC)nn2C1. The molecule has 9 nitrogen and oxygen atoms in total. The Morgan fingerprint density at radius 2 is 2.33 bits per heavy atom. The molecule has 0 saturated carbocycles. The van der Waals surface area contributed by atoms with Crippen LogP contribution in [0.3, 0.4) is 0 Å². The Labute approximate surface area is 163 Å². The number of hydrogen-bond acceptors (Lipinski definition) is 6. The van der Waals surface area contributed by atoms with E-state index in [4.69, 9.17) is 21.1 Å². The van der Waals surface area contributed by atoms with Crippen LogP contribution in [0.5, 0.6) is 5.88 Å². The third kappa shape index (κ3) is 5.54. The van der Waals surface area contributed by atoms with Crippen molar-refractivity contribution in [3.8, 4) is 5.88 Å². The van der Waals surface area contributed by atoms with E-state index in [0.717, 1.165) is 37.0 Å². The second-order valence-corrected chi connectivity index (χ2v) is 6.54. The molecule has 0 spiro atoms. The van der Waals surface area contributed by atoms with Crippen LogP contribution in [-0.4, -0.2) is 59.1 Å². The highest BCUT2D eigenvalue weighted by Crippen LogP contribution is 2.13. The third-order valence-corrected chi connectivity index (χ3v) is 4.31. The molecule has 10 heteroatoms. The van der Waals surface area contributed by atoms with Gasteiger partial charge < -0.3 is 20.1 Å². The van der Waals surface area contributed by atoms with Crippen molar-refractivity contribution in [1.29, 1.82) is 0 Å². The van der Waals surface area contributed by atoms with Gasteiger partial charge in [0, 0.05) is 38.9 Å².